The number of rotatable bonds is 0. The second-order valence-corrected chi connectivity index (χ2v) is 7.14. The van der Waals surface area contributed by atoms with Crippen molar-refractivity contribution in [2.75, 3.05) is 0 Å². The van der Waals surface area contributed by atoms with Crippen molar-refractivity contribution in [1.82, 2.24) is 0 Å². The number of carbonyl (C=O) groups excluding carboxylic acids is 1. The molecule has 5 nitrogen and oxygen atoms in total. The molecule has 4 aliphatic heterocycles. The SMILES string of the molecule is C[C@@H]1CCC2[C@@H](C)C(=O)O[C@H]3O[C@@]4(C)CCC1[C@@]23OO4. The lowest BCUT2D eigenvalue weighted by atomic mass is 9.58. The van der Waals surface area contributed by atoms with E-state index >= 15 is 0 Å². The van der Waals surface area contributed by atoms with Gasteiger partial charge >= 0.3 is 5.97 Å². The highest BCUT2D eigenvalue weighted by atomic mass is 17.3. The Morgan fingerprint density at radius 2 is 1.90 bits per heavy atom. The first-order chi connectivity index (χ1) is 9.46. The summed E-state index contributed by atoms with van der Waals surface area (Å²) < 4.78 is 11.6. The highest BCUT2D eigenvalue weighted by Gasteiger charge is 2.69. The minimum absolute atomic E-state index is 0.123. The van der Waals surface area contributed by atoms with E-state index in [-0.39, 0.29) is 17.8 Å². The van der Waals surface area contributed by atoms with E-state index in [1.807, 2.05) is 13.8 Å². The summed E-state index contributed by atoms with van der Waals surface area (Å²) in [6, 6.07) is 0. The van der Waals surface area contributed by atoms with Gasteiger partial charge in [0.2, 0.25) is 12.1 Å². The number of esters is 1. The van der Waals surface area contributed by atoms with Gasteiger partial charge in [0.25, 0.3) is 0 Å². The molecule has 0 N–H and O–H groups in total. The lowest BCUT2D eigenvalue weighted by Crippen LogP contribution is -2.69. The lowest BCUT2D eigenvalue weighted by molar-refractivity contribution is -0.559. The van der Waals surface area contributed by atoms with Gasteiger partial charge in [0.1, 0.15) is 0 Å². The van der Waals surface area contributed by atoms with Gasteiger partial charge in [-0.15, -0.1) is 0 Å². The number of hydrogen-bond donors (Lipinski definition) is 0. The number of fused-ring (bicyclic) bond motifs is 2. The highest BCUT2D eigenvalue weighted by Crippen LogP contribution is 2.59. The lowest BCUT2D eigenvalue weighted by Gasteiger charge is -2.57. The molecule has 7 atom stereocenters. The van der Waals surface area contributed by atoms with Gasteiger partial charge in [-0.25, -0.2) is 9.78 Å². The van der Waals surface area contributed by atoms with Crippen molar-refractivity contribution in [3.63, 3.8) is 0 Å². The third kappa shape index (κ3) is 1.46. The van der Waals surface area contributed by atoms with Gasteiger partial charge in [-0.3, -0.25) is 4.79 Å². The number of carbonyl (C=O) groups is 1. The van der Waals surface area contributed by atoms with Crippen molar-refractivity contribution in [3.05, 3.63) is 0 Å². The van der Waals surface area contributed by atoms with Crippen LogP contribution in [0.5, 0.6) is 0 Å². The molecule has 5 rings (SSSR count). The fourth-order valence-corrected chi connectivity index (χ4v) is 4.76. The van der Waals surface area contributed by atoms with E-state index in [0.29, 0.717) is 11.8 Å². The maximum Gasteiger partial charge on any atom is 0.311 e. The second kappa shape index (κ2) is 3.96. The van der Waals surface area contributed by atoms with Crippen LogP contribution in [0, 0.1) is 23.7 Å². The van der Waals surface area contributed by atoms with Crippen molar-refractivity contribution in [3.8, 4) is 0 Å². The predicted octanol–water partition coefficient (Wildman–Crippen LogP) is 2.39. The molecule has 0 aromatic carbocycles. The van der Waals surface area contributed by atoms with Gasteiger partial charge in [-0.1, -0.05) is 13.8 Å². The average Bonchev–Trinajstić information content (AvgIpc) is 2.63. The van der Waals surface area contributed by atoms with E-state index in [4.69, 9.17) is 19.2 Å². The zero-order valence-electron chi connectivity index (χ0n) is 12.3. The predicted molar refractivity (Wildman–Crippen MR) is 68.0 cm³/mol. The van der Waals surface area contributed by atoms with Crippen molar-refractivity contribution in [1.29, 1.82) is 0 Å². The molecule has 0 aromatic rings. The Labute approximate surface area is 118 Å². The standard InChI is InChI=1S/C15H22O5/c1-8-4-5-11-9(2)12(16)17-13-15(11)10(8)6-7-14(3,18-13)19-20-15/h8-11,13H,4-7H2,1-3H3/t8-,9-,10?,11?,13+,14-,15-/m1/s1. The van der Waals surface area contributed by atoms with Crippen LogP contribution in [0.2, 0.25) is 0 Å². The zero-order chi connectivity index (χ0) is 14.1. The summed E-state index contributed by atoms with van der Waals surface area (Å²) in [5, 5.41) is 0. The quantitative estimate of drug-likeness (QED) is 0.504. The Balaban J connectivity index is 1.84. The molecular weight excluding hydrogens is 260 g/mol. The van der Waals surface area contributed by atoms with Crippen LogP contribution in [-0.4, -0.2) is 23.6 Å². The first kappa shape index (κ1) is 13.0. The number of hydrogen-bond acceptors (Lipinski definition) is 5. The van der Waals surface area contributed by atoms with Crippen LogP contribution in [0.3, 0.4) is 0 Å². The maximum atomic E-state index is 12.1. The van der Waals surface area contributed by atoms with Crippen molar-refractivity contribution < 1.29 is 24.0 Å². The first-order valence-electron chi connectivity index (χ1n) is 7.71. The van der Waals surface area contributed by atoms with Gasteiger partial charge in [-0.2, -0.15) is 0 Å². The second-order valence-electron chi connectivity index (χ2n) is 7.14. The zero-order valence-corrected chi connectivity index (χ0v) is 12.3. The fraction of sp³-hybridized carbons (Fsp3) is 0.933. The maximum absolute atomic E-state index is 12.1. The summed E-state index contributed by atoms with van der Waals surface area (Å²) in [7, 11) is 0. The van der Waals surface area contributed by atoms with E-state index in [1.54, 1.807) is 0 Å². The largest absolute Gasteiger partial charge is 0.432 e. The molecular formula is C15H22O5. The molecule has 20 heavy (non-hydrogen) atoms. The van der Waals surface area contributed by atoms with E-state index in [2.05, 4.69) is 6.92 Å². The highest BCUT2D eigenvalue weighted by molar-refractivity contribution is 5.74. The Hall–Kier alpha value is -0.650. The molecule has 1 spiro atoms. The molecule has 1 saturated carbocycles. The Morgan fingerprint density at radius 3 is 2.70 bits per heavy atom. The van der Waals surface area contributed by atoms with Gasteiger partial charge < -0.3 is 9.47 Å². The molecule has 1 aliphatic carbocycles. The molecule has 0 amide bonds. The Kier molecular flexibility index (Phi) is 2.58. The van der Waals surface area contributed by atoms with Gasteiger partial charge in [-0.05, 0) is 32.1 Å². The van der Waals surface area contributed by atoms with Crippen molar-refractivity contribution in [2.45, 2.75) is 64.1 Å². The molecule has 5 aliphatic rings. The molecule has 112 valence electrons. The van der Waals surface area contributed by atoms with E-state index in [9.17, 15) is 4.79 Å². The van der Waals surface area contributed by atoms with Gasteiger partial charge in [0, 0.05) is 18.3 Å². The topological polar surface area (TPSA) is 54.0 Å². The van der Waals surface area contributed by atoms with Crippen LogP contribution in [0.15, 0.2) is 0 Å². The molecule has 5 fully saturated rings. The fourth-order valence-electron chi connectivity index (χ4n) is 4.76. The Morgan fingerprint density at radius 1 is 1.10 bits per heavy atom. The molecule has 0 radical (unpaired) electrons. The summed E-state index contributed by atoms with van der Waals surface area (Å²) in [5.74, 6) is -0.137. The van der Waals surface area contributed by atoms with Crippen LogP contribution >= 0.6 is 0 Å². The molecule has 2 bridgehead atoms. The van der Waals surface area contributed by atoms with Crippen LogP contribution < -0.4 is 0 Å². The first-order valence-corrected chi connectivity index (χ1v) is 7.71. The summed E-state index contributed by atoms with van der Waals surface area (Å²) in [6.07, 6.45) is 3.24. The third-order valence-electron chi connectivity index (χ3n) is 5.97. The van der Waals surface area contributed by atoms with E-state index in [0.717, 1.165) is 25.7 Å². The van der Waals surface area contributed by atoms with Gasteiger partial charge in [0.15, 0.2) is 5.60 Å². The van der Waals surface area contributed by atoms with E-state index < -0.39 is 17.7 Å². The smallest absolute Gasteiger partial charge is 0.311 e. The summed E-state index contributed by atoms with van der Waals surface area (Å²) in [5.41, 5.74) is -0.610. The monoisotopic (exact) mass is 282 g/mol. The van der Waals surface area contributed by atoms with E-state index in [1.165, 1.54) is 0 Å². The Bertz CT molecular complexity index is 452. The molecule has 4 heterocycles. The summed E-state index contributed by atoms with van der Waals surface area (Å²) in [4.78, 5) is 23.7. The van der Waals surface area contributed by atoms with Crippen LogP contribution in [0.25, 0.3) is 0 Å². The minimum atomic E-state index is -0.793. The van der Waals surface area contributed by atoms with Crippen LogP contribution in [-0.2, 0) is 24.0 Å². The molecule has 5 heteroatoms. The van der Waals surface area contributed by atoms with Crippen molar-refractivity contribution in [2.24, 2.45) is 23.7 Å². The average molecular weight is 282 g/mol. The van der Waals surface area contributed by atoms with Crippen LogP contribution in [0.1, 0.15) is 46.5 Å². The molecule has 0 aromatic heterocycles. The third-order valence-corrected chi connectivity index (χ3v) is 5.97. The summed E-state index contributed by atoms with van der Waals surface area (Å²) >= 11 is 0. The normalized spacial score (nSPS) is 57.8. The van der Waals surface area contributed by atoms with Crippen molar-refractivity contribution >= 4 is 5.97 Å². The molecule has 2 unspecified atom stereocenters. The van der Waals surface area contributed by atoms with Crippen LogP contribution in [0.4, 0.5) is 0 Å². The summed E-state index contributed by atoms with van der Waals surface area (Å²) in [6.45, 7) is 6.06. The molecule has 4 saturated heterocycles. The number of ether oxygens (including phenoxy) is 2. The van der Waals surface area contributed by atoms with Gasteiger partial charge in [0.05, 0.1) is 5.92 Å². The minimum Gasteiger partial charge on any atom is -0.432 e.